The average Bonchev–Trinajstić information content (AvgIpc) is 3.25. The van der Waals surface area contributed by atoms with Gasteiger partial charge in [-0.1, -0.05) is 121 Å². The molecule has 0 aliphatic heterocycles. The highest BCUT2D eigenvalue weighted by Gasteiger charge is 2.06. The number of aryl methyl sites for hydroxylation is 1. The largest absolute Gasteiger partial charge is 0.355 e. The van der Waals surface area contributed by atoms with Crippen LogP contribution in [0.25, 0.3) is 11.0 Å². The normalized spacial score (nSPS) is 11.4. The molecule has 1 heterocycles. The molecule has 38 heavy (non-hydrogen) atoms. The number of aromatic nitrogens is 2. The smallest absolute Gasteiger partial charge is 0.146 e. The van der Waals surface area contributed by atoms with Crippen molar-refractivity contribution in [3.63, 3.8) is 0 Å². The molecular weight excluding hydrogens is 470 g/mol. The van der Waals surface area contributed by atoms with E-state index >= 15 is 0 Å². The van der Waals surface area contributed by atoms with Crippen LogP contribution in [0.4, 0.5) is 0 Å². The molecule has 0 radical (unpaired) electrons. The van der Waals surface area contributed by atoms with E-state index in [1.807, 2.05) is 13.0 Å². The first-order valence-electron chi connectivity index (χ1n) is 15.8. The maximum absolute atomic E-state index is 8.53. The van der Waals surface area contributed by atoms with Crippen LogP contribution in [0.2, 0.25) is 0 Å². The molecule has 5 nitrogen and oxygen atoms in total. The monoisotopic (exact) mass is 525 g/mol. The fraction of sp³-hybridized carbons (Fsp3) is 0.758. The van der Waals surface area contributed by atoms with Gasteiger partial charge in [-0.15, -0.1) is 0 Å². The molecule has 2 rings (SSSR count). The molecule has 1 aromatic carbocycles. The van der Waals surface area contributed by atoms with Gasteiger partial charge in [-0.2, -0.15) is 5.26 Å². The summed E-state index contributed by atoms with van der Waals surface area (Å²) in [6.45, 7) is 4.69. The number of benzene rings is 1. The van der Waals surface area contributed by atoms with Gasteiger partial charge in [0.25, 0.3) is 0 Å². The summed E-state index contributed by atoms with van der Waals surface area (Å²) in [4.78, 5) is 4.60. The van der Waals surface area contributed by atoms with Crippen molar-refractivity contribution in [3.8, 4) is 6.07 Å². The lowest BCUT2D eigenvalue weighted by Gasteiger charge is -2.09. The van der Waals surface area contributed by atoms with Gasteiger partial charge in [0.15, 0.2) is 0 Å². The molecule has 1 aromatic heterocycles. The van der Waals surface area contributed by atoms with E-state index in [0.29, 0.717) is 13.4 Å². The summed E-state index contributed by atoms with van der Waals surface area (Å²) in [7, 11) is 0. The Hall–Kier alpha value is -1.90. The number of nitriles is 1. The molecule has 0 atom stereocenters. The number of fused-ring (bicyclic) bond motifs is 1. The molecule has 0 N–H and O–H groups in total. The van der Waals surface area contributed by atoms with Gasteiger partial charge in [0.2, 0.25) is 0 Å². The molecule has 2 aromatic rings. The molecule has 214 valence electrons. The Morgan fingerprint density at radius 2 is 1.13 bits per heavy atom. The molecule has 0 bridgehead atoms. The van der Waals surface area contributed by atoms with E-state index in [1.165, 1.54) is 115 Å². The first-order chi connectivity index (χ1) is 18.8. The van der Waals surface area contributed by atoms with Gasteiger partial charge in [0.05, 0.1) is 23.7 Å². The minimum absolute atomic E-state index is 0.386. The Kier molecular flexibility index (Phi) is 19.6. The number of hydrogen-bond donors (Lipinski definition) is 0. The Morgan fingerprint density at radius 1 is 0.658 bits per heavy atom. The second-order valence-electron chi connectivity index (χ2n) is 10.9. The lowest BCUT2D eigenvalue weighted by molar-refractivity contribution is -0.0566. The van der Waals surface area contributed by atoms with E-state index in [0.717, 1.165) is 43.8 Å². The van der Waals surface area contributed by atoms with E-state index in [-0.39, 0.29) is 0 Å². The van der Waals surface area contributed by atoms with Crippen LogP contribution in [-0.4, -0.2) is 29.6 Å². The van der Waals surface area contributed by atoms with Gasteiger partial charge in [-0.05, 0) is 31.9 Å². The number of rotatable bonds is 26. The predicted molar refractivity (Wildman–Crippen MR) is 159 cm³/mol. The van der Waals surface area contributed by atoms with Crippen LogP contribution >= 0.6 is 0 Å². The van der Waals surface area contributed by atoms with Crippen molar-refractivity contribution in [2.45, 2.75) is 142 Å². The molecule has 0 saturated carbocycles. The van der Waals surface area contributed by atoms with Crippen LogP contribution in [-0.2, 0) is 16.0 Å². The summed E-state index contributed by atoms with van der Waals surface area (Å²) < 4.78 is 13.5. The minimum atomic E-state index is 0.386. The molecular formula is C33H55N3O2. The number of unbranched alkanes of at least 4 members (excludes halogenated alkanes) is 19. The van der Waals surface area contributed by atoms with Gasteiger partial charge < -0.3 is 14.0 Å². The van der Waals surface area contributed by atoms with E-state index < -0.39 is 0 Å². The van der Waals surface area contributed by atoms with Gasteiger partial charge in [-0.3, -0.25) is 0 Å². The van der Waals surface area contributed by atoms with Crippen LogP contribution in [0.5, 0.6) is 0 Å². The zero-order valence-electron chi connectivity index (χ0n) is 24.4. The van der Waals surface area contributed by atoms with Crippen LogP contribution in [0.1, 0.15) is 134 Å². The maximum Gasteiger partial charge on any atom is 0.146 e. The highest BCUT2D eigenvalue weighted by Crippen LogP contribution is 2.16. The molecule has 5 heteroatoms. The van der Waals surface area contributed by atoms with Gasteiger partial charge in [0.1, 0.15) is 12.6 Å². The maximum atomic E-state index is 8.53. The van der Waals surface area contributed by atoms with Crippen molar-refractivity contribution in [2.24, 2.45) is 0 Å². The topological polar surface area (TPSA) is 60.1 Å². The van der Waals surface area contributed by atoms with E-state index in [1.54, 1.807) is 0 Å². The highest BCUT2D eigenvalue weighted by atomic mass is 16.7. The first kappa shape index (κ1) is 32.3. The Balaban J connectivity index is 1.23. The molecule has 0 spiro atoms. The average molecular weight is 526 g/mol. The fourth-order valence-corrected chi connectivity index (χ4v) is 5.22. The van der Waals surface area contributed by atoms with Crippen LogP contribution in [0.15, 0.2) is 24.3 Å². The lowest BCUT2D eigenvalue weighted by atomic mass is 10.0. The molecule has 0 saturated heterocycles. The zero-order chi connectivity index (χ0) is 26.9. The summed E-state index contributed by atoms with van der Waals surface area (Å²) in [5.74, 6) is 1.03. The molecule has 0 fully saturated rings. The van der Waals surface area contributed by atoms with E-state index in [4.69, 9.17) is 14.7 Å². The number of para-hydroxylation sites is 2. The second kappa shape index (κ2) is 23.0. The van der Waals surface area contributed by atoms with Gasteiger partial charge in [0, 0.05) is 19.6 Å². The van der Waals surface area contributed by atoms with Crippen molar-refractivity contribution in [3.05, 3.63) is 30.1 Å². The quantitative estimate of drug-likeness (QED) is 0.0906. The molecule has 0 unspecified atom stereocenters. The predicted octanol–water partition coefficient (Wildman–Crippen LogP) is 9.66. The van der Waals surface area contributed by atoms with Crippen molar-refractivity contribution in [1.29, 1.82) is 5.26 Å². The third kappa shape index (κ3) is 15.5. The Morgan fingerprint density at radius 3 is 1.68 bits per heavy atom. The van der Waals surface area contributed by atoms with Crippen LogP contribution in [0.3, 0.4) is 0 Å². The summed E-state index contributed by atoms with van der Waals surface area (Å²) in [5, 5.41) is 8.53. The summed E-state index contributed by atoms with van der Waals surface area (Å²) in [6, 6.07) is 10.5. The summed E-state index contributed by atoms with van der Waals surface area (Å²) in [6.07, 6.45) is 26.4. The second-order valence-corrected chi connectivity index (χ2v) is 10.9. The highest BCUT2D eigenvalue weighted by molar-refractivity contribution is 5.75. The minimum Gasteiger partial charge on any atom is -0.355 e. The fourth-order valence-electron chi connectivity index (χ4n) is 5.22. The first-order valence-corrected chi connectivity index (χ1v) is 15.8. The van der Waals surface area contributed by atoms with Crippen LogP contribution < -0.4 is 0 Å². The Labute approximate surface area is 233 Å². The van der Waals surface area contributed by atoms with Gasteiger partial charge in [-0.25, -0.2) is 4.98 Å². The summed E-state index contributed by atoms with van der Waals surface area (Å²) >= 11 is 0. The number of hydrogen-bond acceptors (Lipinski definition) is 4. The third-order valence-corrected chi connectivity index (χ3v) is 7.55. The third-order valence-electron chi connectivity index (χ3n) is 7.55. The van der Waals surface area contributed by atoms with Crippen molar-refractivity contribution in [1.82, 2.24) is 9.55 Å². The Bertz CT molecular complexity index is 858. The van der Waals surface area contributed by atoms with Gasteiger partial charge >= 0.3 is 0 Å². The van der Waals surface area contributed by atoms with Crippen molar-refractivity contribution >= 4 is 11.0 Å². The SMILES string of the molecule is Cc1nc2ccccc2n1CCOCOCCCCCCCCCCCCCCCCCCCCCC#N. The zero-order valence-corrected chi connectivity index (χ0v) is 24.4. The van der Waals surface area contributed by atoms with E-state index in [9.17, 15) is 0 Å². The molecule has 0 aliphatic rings. The molecule has 0 aliphatic carbocycles. The number of imidazole rings is 1. The van der Waals surface area contributed by atoms with E-state index in [2.05, 4.69) is 33.8 Å². The number of nitrogens with zero attached hydrogens (tertiary/aromatic N) is 3. The standard InChI is InChI=1S/C33H55N3O2/c1-31-35-32-24-20-21-25-33(32)36(31)27-29-38-30-37-28-23-19-17-15-13-11-9-7-5-3-2-4-6-8-10-12-14-16-18-22-26-34/h20-21,24-25H,2-19,22-23,27-30H2,1H3. The molecule has 0 amide bonds. The lowest BCUT2D eigenvalue weighted by Crippen LogP contribution is -2.10. The van der Waals surface area contributed by atoms with Crippen molar-refractivity contribution in [2.75, 3.05) is 20.0 Å². The summed E-state index contributed by atoms with van der Waals surface area (Å²) in [5.41, 5.74) is 2.22. The van der Waals surface area contributed by atoms with Crippen molar-refractivity contribution < 1.29 is 9.47 Å². The van der Waals surface area contributed by atoms with Crippen LogP contribution in [0, 0.1) is 18.3 Å². The number of ether oxygens (including phenoxy) is 2.